The summed E-state index contributed by atoms with van der Waals surface area (Å²) >= 11 is 0. The van der Waals surface area contributed by atoms with Crippen LogP contribution in [0.3, 0.4) is 0 Å². The monoisotopic (exact) mass is 426 g/mol. The number of anilines is 1. The standard InChI is InChI=1S/C21H30N8O2/c1-5-6-22-19(30)13-27-7-9-28(10-8-27)14-20(31)25-18-12-17(4)26-29(18)21-23-15(2)11-16(3)24-21/h5,11-12H,1,6-10,13-14H2,2-4H3,(H,22,30)(H,25,31). The summed E-state index contributed by atoms with van der Waals surface area (Å²) in [6.07, 6.45) is 1.66. The molecule has 0 aromatic carbocycles. The largest absolute Gasteiger partial charge is 0.352 e. The second kappa shape index (κ2) is 10.3. The van der Waals surface area contributed by atoms with Crippen LogP contribution < -0.4 is 10.6 Å². The van der Waals surface area contributed by atoms with Gasteiger partial charge < -0.3 is 10.6 Å². The number of carbonyl (C=O) groups is 2. The zero-order valence-corrected chi connectivity index (χ0v) is 18.4. The molecule has 10 heteroatoms. The van der Waals surface area contributed by atoms with E-state index in [9.17, 15) is 9.59 Å². The summed E-state index contributed by atoms with van der Waals surface area (Å²) in [7, 11) is 0. The molecular weight excluding hydrogens is 396 g/mol. The number of piperazine rings is 1. The molecule has 1 saturated heterocycles. The van der Waals surface area contributed by atoms with Gasteiger partial charge in [-0.3, -0.25) is 19.4 Å². The van der Waals surface area contributed by atoms with Crippen molar-refractivity contribution in [3.05, 3.63) is 41.9 Å². The smallest absolute Gasteiger partial charge is 0.252 e. The van der Waals surface area contributed by atoms with Crippen LogP contribution >= 0.6 is 0 Å². The van der Waals surface area contributed by atoms with E-state index in [2.05, 4.69) is 42.1 Å². The van der Waals surface area contributed by atoms with Crippen LogP contribution in [-0.2, 0) is 9.59 Å². The van der Waals surface area contributed by atoms with Gasteiger partial charge in [-0.25, -0.2) is 9.97 Å². The van der Waals surface area contributed by atoms with Gasteiger partial charge >= 0.3 is 0 Å². The number of carbonyl (C=O) groups excluding carboxylic acids is 2. The summed E-state index contributed by atoms with van der Waals surface area (Å²) in [6.45, 7) is 13.3. The van der Waals surface area contributed by atoms with E-state index in [4.69, 9.17) is 0 Å². The molecule has 0 saturated carbocycles. The Hall–Kier alpha value is -3.11. The van der Waals surface area contributed by atoms with E-state index in [0.717, 1.165) is 43.3 Å². The Labute approximate surface area is 182 Å². The maximum atomic E-state index is 12.7. The first-order valence-corrected chi connectivity index (χ1v) is 10.4. The molecule has 2 aromatic rings. The molecule has 0 bridgehead atoms. The molecule has 2 N–H and O–H groups in total. The molecule has 166 valence electrons. The Morgan fingerprint density at radius 1 is 0.968 bits per heavy atom. The Bertz CT molecular complexity index is 927. The zero-order valence-electron chi connectivity index (χ0n) is 18.4. The fraction of sp³-hybridized carbons (Fsp3) is 0.476. The third-order valence-corrected chi connectivity index (χ3v) is 4.90. The van der Waals surface area contributed by atoms with E-state index in [1.165, 1.54) is 0 Å². The number of rotatable bonds is 8. The van der Waals surface area contributed by atoms with Crippen molar-refractivity contribution in [1.29, 1.82) is 0 Å². The van der Waals surface area contributed by atoms with Gasteiger partial charge in [0.25, 0.3) is 5.95 Å². The van der Waals surface area contributed by atoms with Crippen LogP contribution in [0.25, 0.3) is 5.95 Å². The number of nitrogens with one attached hydrogen (secondary N) is 2. The first kappa shape index (κ1) is 22.6. The minimum atomic E-state index is -0.122. The number of aryl methyl sites for hydroxylation is 3. The lowest BCUT2D eigenvalue weighted by Gasteiger charge is -2.33. The molecule has 0 atom stereocenters. The fourth-order valence-electron chi connectivity index (χ4n) is 3.48. The molecule has 3 heterocycles. The number of hydrogen-bond acceptors (Lipinski definition) is 7. The lowest BCUT2D eigenvalue weighted by atomic mass is 10.3. The number of hydrogen-bond donors (Lipinski definition) is 2. The second-order valence-corrected chi connectivity index (χ2v) is 7.73. The van der Waals surface area contributed by atoms with Crippen LogP contribution in [0.5, 0.6) is 0 Å². The van der Waals surface area contributed by atoms with Gasteiger partial charge in [0.2, 0.25) is 11.8 Å². The average Bonchev–Trinajstić information content (AvgIpc) is 3.07. The molecule has 31 heavy (non-hydrogen) atoms. The van der Waals surface area contributed by atoms with Crippen LogP contribution in [0, 0.1) is 20.8 Å². The summed E-state index contributed by atoms with van der Waals surface area (Å²) in [6, 6.07) is 3.69. The van der Waals surface area contributed by atoms with Crippen LogP contribution in [0.15, 0.2) is 24.8 Å². The molecule has 1 aliphatic heterocycles. The lowest BCUT2D eigenvalue weighted by molar-refractivity contribution is -0.123. The molecule has 1 aliphatic rings. The van der Waals surface area contributed by atoms with Crippen LogP contribution in [0.2, 0.25) is 0 Å². The van der Waals surface area contributed by atoms with E-state index in [-0.39, 0.29) is 18.4 Å². The van der Waals surface area contributed by atoms with Crippen LogP contribution in [-0.4, -0.2) is 87.2 Å². The highest BCUT2D eigenvalue weighted by Crippen LogP contribution is 2.15. The third-order valence-electron chi connectivity index (χ3n) is 4.90. The van der Waals surface area contributed by atoms with Crippen molar-refractivity contribution in [3.63, 3.8) is 0 Å². The summed E-state index contributed by atoms with van der Waals surface area (Å²) in [4.78, 5) is 37.5. The fourth-order valence-corrected chi connectivity index (χ4v) is 3.48. The van der Waals surface area contributed by atoms with Gasteiger partial charge in [0.15, 0.2) is 0 Å². The molecular formula is C21H30N8O2. The first-order chi connectivity index (χ1) is 14.8. The Morgan fingerprint density at radius 2 is 1.55 bits per heavy atom. The van der Waals surface area contributed by atoms with Crippen molar-refractivity contribution in [3.8, 4) is 5.95 Å². The molecule has 2 amide bonds. The van der Waals surface area contributed by atoms with Crippen molar-refractivity contribution < 1.29 is 9.59 Å². The Balaban J connectivity index is 1.54. The molecule has 0 spiro atoms. The predicted molar refractivity (Wildman–Crippen MR) is 118 cm³/mol. The quantitative estimate of drug-likeness (QED) is 0.590. The minimum absolute atomic E-state index is 0.0108. The Kier molecular flexibility index (Phi) is 7.48. The minimum Gasteiger partial charge on any atom is -0.352 e. The van der Waals surface area contributed by atoms with Gasteiger partial charge in [-0.15, -0.1) is 6.58 Å². The highest BCUT2D eigenvalue weighted by molar-refractivity contribution is 5.91. The summed E-state index contributed by atoms with van der Waals surface area (Å²) in [5.41, 5.74) is 2.44. The molecule has 0 radical (unpaired) electrons. The maximum Gasteiger partial charge on any atom is 0.252 e. The van der Waals surface area contributed by atoms with Crippen molar-refractivity contribution in [2.45, 2.75) is 20.8 Å². The molecule has 3 rings (SSSR count). The molecule has 1 fully saturated rings. The SMILES string of the molecule is C=CCNC(=O)CN1CCN(CC(=O)Nc2cc(C)nn2-c2nc(C)cc(C)n2)CC1. The van der Waals surface area contributed by atoms with E-state index in [0.29, 0.717) is 24.9 Å². The van der Waals surface area contributed by atoms with Gasteiger partial charge in [0, 0.05) is 50.2 Å². The topological polar surface area (TPSA) is 108 Å². The highest BCUT2D eigenvalue weighted by Gasteiger charge is 2.21. The van der Waals surface area contributed by atoms with Crippen LogP contribution in [0.1, 0.15) is 17.1 Å². The number of amides is 2. The van der Waals surface area contributed by atoms with Gasteiger partial charge in [-0.1, -0.05) is 6.08 Å². The molecule has 0 aliphatic carbocycles. The van der Waals surface area contributed by atoms with E-state index in [1.807, 2.05) is 26.8 Å². The normalized spacial score (nSPS) is 14.9. The van der Waals surface area contributed by atoms with E-state index >= 15 is 0 Å². The average molecular weight is 427 g/mol. The van der Waals surface area contributed by atoms with Crippen molar-refractivity contribution in [2.75, 3.05) is 51.1 Å². The van der Waals surface area contributed by atoms with Crippen LogP contribution in [0.4, 0.5) is 5.82 Å². The van der Waals surface area contributed by atoms with E-state index < -0.39 is 0 Å². The number of nitrogens with zero attached hydrogens (tertiary/aromatic N) is 6. The second-order valence-electron chi connectivity index (χ2n) is 7.73. The van der Waals surface area contributed by atoms with Crippen molar-refractivity contribution >= 4 is 17.6 Å². The van der Waals surface area contributed by atoms with Crippen molar-refractivity contribution in [1.82, 2.24) is 34.9 Å². The van der Waals surface area contributed by atoms with Gasteiger partial charge in [-0.05, 0) is 26.8 Å². The summed E-state index contributed by atoms with van der Waals surface area (Å²) < 4.78 is 1.56. The summed E-state index contributed by atoms with van der Waals surface area (Å²) in [5.74, 6) is 0.848. The van der Waals surface area contributed by atoms with Gasteiger partial charge in [0.1, 0.15) is 5.82 Å². The third kappa shape index (κ3) is 6.43. The van der Waals surface area contributed by atoms with Crippen molar-refractivity contribution in [2.24, 2.45) is 0 Å². The highest BCUT2D eigenvalue weighted by atomic mass is 16.2. The number of aromatic nitrogens is 4. The first-order valence-electron chi connectivity index (χ1n) is 10.4. The van der Waals surface area contributed by atoms with E-state index in [1.54, 1.807) is 16.8 Å². The molecule has 0 unspecified atom stereocenters. The molecule has 10 nitrogen and oxygen atoms in total. The Morgan fingerprint density at radius 3 is 2.13 bits per heavy atom. The zero-order chi connectivity index (χ0) is 22.4. The maximum absolute atomic E-state index is 12.7. The summed E-state index contributed by atoms with van der Waals surface area (Å²) in [5, 5.41) is 10.2. The molecule has 2 aromatic heterocycles. The van der Waals surface area contributed by atoms with Gasteiger partial charge in [0.05, 0.1) is 18.8 Å². The van der Waals surface area contributed by atoms with Gasteiger partial charge in [-0.2, -0.15) is 9.78 Å². The predicted octanol–water partition coefficient (Wildman–Crippen LogP) is 0.446. The lowest BCUT2D eigenvalue weighted by Crippen LogP contribution is -2.51.